The molecule has 1 saturated heterocycles. The van der Waals surface area contributed by atoms with Crippen LogP contribution in [0.15, 0.2) is 0 Å². The van der Waals surface area contributed by atoms with Crippen molar-refractivity contribution in [1.29, 1.82) is 0 Å². The Labute approximate surface area is 138 Å². The molecule has 0 aromatic carbocycles. The van der Waals surface area contributed by atoms with Crippen LogP contribution in [0.5, 0.6) is 0 Å². The van der Waals surface area contributed by atoms with Crippen molar-refractivity contribution in [2.45, 2.75) is 56.2 Å². The fourth-order valence-electron chi connectivity index (χ4n) is 2.64. The lowest BCUT2D eigenvalue weighted by molar-refractivity contribution is -0.157. The molecule has 1 atom stereocenters. The van der Waals surface area contributed by atoms with Crippen molar-refractivity contribution >= 4 is 33.9 Å². The Morgan fingerprint density at radius 1 is 1.00 bits per heavy atom. The minimum Gasteiger partial charge on any atom is -0.481 e. The smallest absolute Gasteiger partial charge is 0.348 e. The molecule has 136 valence electrons. The summed E-state index contributed by atoms with van der Waals surface area (Å²) in [6, 6.07) is 0. The van der Waals surface area contributed by atoms with Crippen molar-refractivity contribution in [2.75, 3.05) is 0 Å². The quantitative estimate of drug-likeness (QED) is 0.279. The standard InChI is InChI=1S/C13H19NO9S/c15-9-6-7-10(16)14(9)13(12(19)20,24(21,22)23)8-4-2-1-3-5-11(17)18/h1-8H2,(H,17,18)(H,19,20)(H,21,22,23). The van der Waals surface area contributed by atoms with Gasteiger partial charge in [-0.2, -0.15) is 8.42 Å². The molecule has 0 aromatic heterocycles. The molecule has 1 aliphatic heterocycles. The second kappa shape index (κ2) is 7.71. The number of rotatable bonds is 10. The van der Waals surface area contributed by atoms with E-state index in [0.717, 1.165) is 0 Å². The average molecular weight is 365 g/mol. The van der Waals surface area contributed by atoms with E-state index in [1.807, 2.05) is 0 Å². The van der Waals surface area contributed by atoms with Gasteiger partial charge in [-0.1, -0.05) is 12.8 Å². The number of imide groups is 1. The minimum absolute atomic E-state index is 0.0250. The summed E-state index contributed by atoms with van der Waals surface area (Å²) in [5.41, 5.74) is 0. The van der Waals surface area contributed by atoms with Crippen molar-refractivity contribution in [3.63, 3.8) is 0 Å². The molecule has 0 bridgehead atoms. The molecule has 11 heteroatoms. The summed E-state index contributed by atoms with van der Waals surface area (Å²) in [6.07, 6.45) is -0.393. The van der Waals surface area contributed by atoms with Crippen molar-refractivity contribution in [3.05, 3.63) is 0 Å². The number of nitrogens with zero attached hydrogens (tertiary/aromatic N) is 1. The van der Waals surface area contributed by atoms with E-state index in [9.17, 15) is 37.3 Å². The number of carboxylic acids is 2. The molecule has 1 unspecified atom stereocenters. The van der Waals surface area contributed by atoms with Crippen LogP contribution in [0.1, 0.15) is 51.4 Å². The van der Waals surface area contributed by atoms with Gasteiger partial charge in [-0.3, -0.25) is 18.9 Å². The van der Waals surface area contributed by atoms with Gasteiger partial charge in [0.15, 0.2) is 0 Å². The second-order valence-electron chi connectivity index (χ2n) is 5.50. The predicted molar refractivity (Wildman–Crippen MR) is 78.3 cm³/mol. The van der Waals surface area contributed by atoms with Crippen LogP contribution in [0, 0.1) is 0 Å². The lowest BCUT2D eigenvalue weighted by Crippen LogP contribution is -2.61. The maximum absolute atomic E-state index is 11.8. The maximum Gasteiger partial charge on any atom is 0.348 e. The van der Waals surface area contributed by atoms with Gasteiger partial charge in [-0.05, 0) is 19.3 Å². The third-order valence-corrected chi connectivity index (χ3v) is 5.24. The van der Waals surface area contributed by atoms with Crippen LogP contribution < -0.4 is 0 Å². The molecule has 0 aromatic rings. The van der Waals surface area contributed by atoms with E-state index in [1.165, 1.54) is 0 Å². The number of hydrogen-bond donors (Lipinski definition) is 3. The Hall–Kier alpha value is -2.01. The number of hydrogen-bond acceptors (Lipinski definition) is 6. The maximum atomic E-state index is 11.8. The highest BCUT2D eigenvalue weighted by Gasteiger charge is 2.60. The highest BCUT2D eigenvalue weighted by atomic mass is 32.2. The van der Waals surface area contributed by atoms with Crippen molar-refractivity contribution < 1.29 is 42.4 Å². The zero-order valence-corrected chi connectivity index (χ0v) is 13.6. The van der Waals surface area contributed by atoms with Gasteiger partial charge in [0.2, 0.25) is 11.8 Å². The van der Waals surface area contributed by atoms with Crippen LogP contribution in [0.25, 0.3) is 0 Å². The highest BCUT2D eigenvalue weighted by Crippen LogP contribution is 2.33. The lowest BCUT2D eigenvalue weighted by Gasteiger charge is -2.33. The summed E-state index contributed by atoms with van der Waals surface area (Å²) in [4.78, 5) is 42.7. The highest BCUT2D eigenvalue weighted by molar-refractivity contribution is 7.88. The zero-order valence-electron chi connectivity index (χ0n) is 12.8. The van der Waals surface area contributed by atoms with E-state index in [1.54, 1.807) is 0 Å². The molecule has 3 N–H and O–H groups in total. The van der Waals surface area contributed by atoms with Gasteiger partial charge in [0.25, 0.3) is 4.87 Å². The van der Waals surface area contributed by atoms with Crippen molar-refractivity contribution in [1.82, 2.24) is 4.90 Å². The van der Waals surface area contributed by atoms with Crippen LogP contribution in [0.2, 0.25) is 0 Å². The number of carboxylic acid groups (broad SMARTS) is 2. The van der Waals surface area contributed by atoms with Crippen LogP contribution in [0.4, 0.5) is 0 Å². The van der Waals surface area contributed by atoms with E-state index in [-0.39, 0.29) is 37.0 Å². The normalized spacial score (nSPS) is 17.8. The van der Waals surface area contributed by atoms with Gasteiger partial charge in [-0.25, -0.2) is 9.69 Å². The summed E-state index contributed by atoms with van der Waals surface area (Å²) >= 11 is 0. The molecule has 10 nitrogen and oxygen atoms in total. The first-order valence-corrected chi connectivity index (χ1v) is 8.76. The monoisotopic (exact) mass is 365 g/mol. The Kier molecular flexibility index (Phi) is 6.43. The molecule has 1 heterocycles. The summed E-state index contributed by atoms with van der Waals surface area (Å²) in [6.45, 7) is 0. The Morgan fingerprint density at radius 3 is 1.92 bits per heavy atom. The molecule has 0 saturated carbocycles. The first-order valence-electron chi connectivity index (χ1n) is 7.32. The van der Waals surface area contributed by atoms with E-state index in [2.05, 4.69) is 0 Å². The molecule has 1 rings (SSSR count). The van der Waals surface area contributed by atoms with Gasteiger partial charge in [0.1, 0.15) is 0 Å². The number of aliphatic carboxylic acids is 2. The Balaban J connectivity index is 2.95. The van der Waals surface area contributed by atoms with Crippen molar-refractivity contribution in [2.24, 2.45) is 0 Å². The SMILES string of the molecule is O=C(O)CCCCCCC(C(=O)O)(N1C(=O)CCC1=O)S(=O)(=O)O. The van der Waals surface area contributed by atoms with Crippen molar-refractivity contribution in [3.8, 4) is 0 Å². The zero-order chi connectivity index (χ0) is 18.5. The molecule has 0 aliphatic carbocycles. The summed E-state index contributed by atoms with van der Waals surface area (Å²) in [5.74, 6) is -4.92. The number of likely N-dealkylation sites (tertiary alicyclic amines) is 1. The molecule has 0 radical (unpaired) electrons. The van der Waals surface area contributed by atoms with Crippen LogP contribution in [0.3, 0.4) is 0 Å². The molecule has 1 aliphatic rings. The number of unbranched alkanes of at least 4 members (excludes halogenated alkanes) is 3. The van der Waals surface area contributed by atoms with Gasteiger partial charge >= 0.3 is 22.1 Å². The topological polar surface area (TPSA) is 166 Å². The minimum atomic E-state index is -5.29. The van der Waals surface area contributed by atoms with Gasteiger partial charge in [-0.15, -0.1) is 0 Å². The number of carbonyl (C=O) groups is 4. The Bertz CT molecular complexity index is 626. The second-order valence-corrected chi connectivity index (χ2v) is 7.12. The third-order valence-electron chi connectivity index (χ3n) is 3.83. The largest absolute Gasteiger partial charge is 0.481 e. The molecular weight excluding hydrogens is 346 g/mol. The third kappa shape index (κ3) is 4.09. The number of amides is 2. The summed E-state index contributed by atoms with van der Waals surface area (Å²) < 4.78 is 32.9. The van der Waals surface area contributed by atoms with E-state index < -0.39 is 45.2 Å². The fourth-order valence-corrected chi connectivity index (χ4v) is 3.70. The molecule has 2 amide bonds. The van der Waals surface area contributed by atoms with Crippen LogP contribution in [-0.4, -0.2) is 56.7 Å². The Morgan fingerprint density at radius 2 is 1.50 bits per heavy atom. The summed E-state index contributed by atoms with van der Waals surface area (Å²) in [5, 5.41) is 17.9. The number of carbonyl (C=O) groups excluding carboxylic acids is 2. The van der Waals surface area contributed by atoms with Gasteiger partial charge in [0.05, 0.1) is 0 Å². The predicted octanol–water partition coefficient (Wildman–Crippen LogP) is 0.229. The van der Waals surface area contributed by atoms with E-state index >= 15 is 0 Å². The van der Waals surface area contributed by atoms with Gasteiger partial charge < -0.3 is 10.2 Å². The van der Waals surface area contributed by atoms with E-state index in [4.69, 9.17) is 5.11 Å². The van der Waals surface area contributed by atoms with E-state index in [0.29, 0.717) is 12.8 Å². The molecule has 0 spiro atoms. The lowest BCUT2D eigenvalue weighted by atomic mass is 10.0. The summed E-state index contributed by atoms with van der Waals surface area (Å²) in [7, 11) is -5.29. The molecular formula is C13H19NO9S. The average Bonchev–Trinajstić information content (AvgIpc) is 2.76. The fraction of sp³-hybridized carbons (Fsp3) is 0.692. The molecule has 24 heavy (non-hydrogen) atoms. The first-order chi connectivity index (χ1) is 11.0. The van der Waals surface area contributed by atoms with Crippen LogP contribution in [-0.2, 0) is 29.3 Å². The van der Waals surface area contributed by atoms with Gasteiger partial charge in [0, 0.05) is 19.3 Å². The van der Waals surface area contributed by atoms with Crippen LogP contribution >= 0.6 is 0 Å². The first kappa shape index (κ1) is 20.0. The molecule has 1 fully saturated rings.